The van der Waals surface area contributed by atoms with Gasteiger partial charge in [0.15, 0.2) is 5.75 Å². The monoisotopic (exact) mass is 472 g/mol. The van der Waals surface area contributed by atoms with E-state index in [1.54, 1.807) is 12.1 Å². The number of hydrogen-bond donors (Lipinski definition) is 2. The number of hydrogen-bond acceptors (Lipinski definition) is 4. The number of ether oxygens (including phenoxy) is 1. The van der Waals surface area contributed by atoms with Crippen molar-refractivity contribution < 1.29 is 27.8 Å². The maximum atomic E-state index is 13.0. The molecule has 4 rings (SSSR count). The Morgan fingerprint density at radius 3 is 2.86 bits per heavy atom. The van der Waals surface area contributed by atoms with E-state index in [9.17, 15) is 23.1 Å². The summed E-state index contributed by atoms with van der Waals surface area (Å²) in [5.74, 6) is -0.803. The summed E-state index contributed by atoms with van der Waals surface area (Å²) in [5, 5.41) is 12.2. The fraction of sp³-hybridized carbons (Fsp3) is 0.450. The van der Waals surface area contributed by atoms with Gasteiger partial charge in [0.25, 0.3) is 0 Å². The lowest BCUT2D eigenvalue weighted by Crippen LogP contribution is -2.58. The third kappa shape index (κ3) is 3.72. The number of fused-ring (bicyclic) bond motifs is 4. The van der Waals surface area contributed by atoms with Crippen molar-refractivity contribution in [3.05, 3.63) is 40.1 Å². The van der Waals surface area contributed by atoms with E-state index in [4.69, 9.17) is 4.74 Å². The minimum absolute atomic E-state index is 0.00294. The molecular weight excluding hydrogens is 453 g/mol. The molecule has 0 aromatic heterocycles. The van der Waals surface area contributed by atoms with Crippen LogP contribution < -0.4 is 15.0 Å². The van der Waals surface area contributed by atoms with Gasteiger partial charge in [-0.3, -0.25) is 4.79 Å². The van der Waals surface area contributed by atoms with E-state index >= 15 is 0 Å². The Morgan fingerprint density at radius 1 is 1.38 bits per heavy atom. The molecule has 2 N–H and O–H groups in total. The molecule has 3 atom stereocenters. The van der Waals surface area contributed by atoms with E-state index in [0.29, 0.717) is 43.0 Å². The van der Waals surface area contributed by atoms with Crippen LogP contribution in [0.1, 0.15) is 26.2 Å². The van der Waals surface area contributed by atoms with Gasteiger partial charge in [-0.05, 0) is 47.9 Å². The Balaban J connectivity index is 1.84. The molecule has 0 radical (unpaired) electrons. The number of carbonyl (C=O) groups is 1. The Labute approximate surface area is 174 Å². The van der Waals surface area contributed by atoms with Crippen LogP contribution in [0, 0.1) is 5.92 Å². The number of phenols is 1. The van der Waals surface area contributed by atoms with Crippen molar-refractivity contribution in [1.82, 2.24) is 5.32 Å². The molecule has 1 aromatic carbocycles. The first-order valence-electron chi connectivity index (χ1n) is 9.40. The Hall–Kier alpha value is -2.16. The molecule has 1 aromatic rings. The molecule has 156 valence electrons. The average Bonchev–Trinajstić information content (AvgIpc) is 2.76. The van der Waals surface area contributed by atoms with Crippen LogP contribution >= 0.6 is 15.9 Å². The van der Waals surface area contributed by atoms with Gasteiger partial charge in [0.1, 0.15) is 11.5 Å². The normalized spacial score (nSPS) is 26.4. The van der Waals surface area contributed by atoms with Crippen LogP contribution in [0.15, 0.2) is 40.1 Å². The summed E-state index contributed by atoms with van der Waals surface area (Å²) in [6, 6.07) is 3.49. The minimum atomic E-state index is -4.95. The predicted octanol–water partition coefficient (Wildman–Crippen LogP) is 4.37. The number of allylic oxidation sites excluding steroid dienone is 2. The number of nitrogens with one attached hydrogen (secondary N) is 1. The second-order valence-corrected chi connectivity index (χ2v) is 8.65. The first-order chi connectivity index (χ1) is 13.6. The maximum Gasteiger partial charge on any atom is 0.471 e. The number of carbonyl (C=O) groups excluding carboxylic acids is 1. The molecule has 9 heteroatoms. The lowest BCUT2D eigenvalue weighted by Gasteiger charge is -2.45. The molecule has 1 aliphatic carbocycles. The van der Waals surface area contributed by atoms with Crippen molar-refractivity contribution in [2.24, 2.45) is 5.92 Å². The summed E-state index contributed by atoms with van der Waals surface area (Å²) in [7, 11) is 0. The average molecular weight is 473 g/mol. The summed E-state index contributed by atoms with van der Waals surface area (Å²) < 4.78 is 45.9. The molecule has 1 saturated heterocycles. The smallest absolute Gasteiger partial charge is 0.471 e. The van der Waals surface area contributed by atoms with Gasteiger partial charge in [-0.1, -0.05) is 22.9 Å². The van der Waals surface area contributed by atoms with Gasteiger partial charge in [-0.25, -0.2) is 0 Å². The van der Waals surface area contributed by atoms with E-state index in [1.165, 1.54) is 6.07 Å². The number of aromatic hydroxyl groups is 1. The standard InChI is InChI=1S/C20H20BrF3N2O3/c1-10-7-11(21)8-16-17(10)18-13(25-19(28)20(22,23)24)3-2-6-26(18)14-9-12(27)4-5-15(14)29-16/h4-5,8-10,13,18,27H,2-3,6-7H2,1H3,(H,25,28)/t10?,13-,18?/m0/s1. The highest BCUT2D eigenvalue weighted by molar-refractivity contribution is 9.11. The van der Waals surface area contributed by atoms with E-state index in [1.807, 2.05) is 17.9 Å². The Kier molecular flexibility index (Phi) is 5.04. The van der Waals surface area contributed by atoms with Crippen molar-refractivity contribution in [2.75, 3.05) is 11.4 Å². The molecule has 29 heavy (non-hydrogen) atoms. The van der Waals surface area contributed by atoms with Gasteiger partial charge in [-0.15, -0.1) is 0 Å². The zero-order valence-electron chi connectivity index (χ0n) is 15.6. The number of benzene rings is 1. The lowest BCUT2D eigenvalue weighted by molar-refractivity contribution is -0.174. The van der Waals surface area contributed by atoms with Crippen LogP contribution in [-0.4, -0.2) is 35.8 Å². The summed E-state index contributed by atoms with van der Waals surface area (Å²) in [5.41, 5.74) is 1.46. The van der Waals surface area contributed by atoms with E-state index in [2.05, 4.69) is 21.2 Å². The number of rotatable bonds is 1. The second-order valence-electron chi connectivity index (χ2n) is 7.63. The first-order valence-corrected chi connectivity index (χ1v) is 10.2. The van der Waals surface area contributed by atoms with E-state index in [-0.39, 0.29) is 11.7 Å². The number of alkyl halides is 3. The molecule has 2 aliphatic heterocycles. The largest absolute Gasteiger partial charge is 0.508 e. The molecule has 1 fully saturated rings. The topological polar surface area (TPSA) is 61.8 Å². The number of phenolic OH excluding ortho intramolecular Hbond substituents is 1. The summed E-state index contributed by atoms with van der Waals surface area (Å²) in [4.78, 5) is 13.7. The molecule has 2 heterocycles. The van der Waals surface area contributed by atoms with Crippen LogP contribution in [0.5, 0.6) is 11.5 Å². The number of halogens is 4. The SMILES string of the molecule is CC1CC(Br)=CC2=C1C1[C@@H](NC(=O)C(F)(F)F)CCCN1c1cc(O)ccc1O2. The highest BCUT2D eigenvalue weighted by atomic mass is 79.9. The molecule has 0 bridgehead atoms. The third-order valence-corrected chi connectivity index (χ3v) is 6.15. The van der Waals surface area contributed by atoms with Crippen molar-refractivity contribution in [3.63, 3.8) is 0 Å². The van der Waals surface area contributed by atoms with Gasteiger partial charge in [0.2, 0.25) is 0 Å². The summed E-state index contributed by atoms with van der Waals surface area (Å²) >= 11 is 3.51. The number of nitrogens with zero attached hydrogens (tertiary/aromatic N) is 1. The number of anilines is 1. The molecule has 0 saturated carbocycles. The van der Waals surface area contributed by atoms with Crippen LogP contribution in [0.4, 0.5) is 18.9 Å². The van der Waals surface area contributed by atoms with Crippen molar-refractivity contribution in [2.45, 2.75) is 44.4 Å². The van der Waals surface area contributed by atoms with Crippen molar-refractivity contribution in [1.29, 1.82) is 0 Å². The van der Waals surface area contributed by atoms with E-state index in [0.717, 1.165) is 10.1 Å². The number of amides is 1. The fourth-order valence-electron chi connectivity index (χ4n) is 4.44. The first kappa shape index (κ1) is 20.1. The fourth-order valence-corrected chi connectivity index (χ4v) is 5.14. The predicted molar refractivity (Wildman–Crippen MR) is 105 cm³/mol. The van der Waals surface area contributed by atoms with E-state index < -0.39 is 24.2 Å². The Bertz CT molecular complexity index is 913. The zero-order chi connectivity index (χ0) is 20.9. The van der Waals surface area contributed by atoms with Gasteiger partial charge in [0.05, 0.1) is 17.8 Å². The van der Waals surface area contributed by atoms with Crippen LogP contribution in [0.2, 0.25) is 0 Å². The van der Waals surface area contributed by atoms with Gasteiger partial charge >= 0.3 is 12.1 Å². The Morgan fingerprint density at radius 2 is 2.14 bits per heavy atom. The minimum Gasteiger partial charge on any atom is -0.508 e. The molecule has 2 unspecified atom stereocenters. The summed E-state index contributed by atoms with van der Waals surface area (Å²) in [6.07, 6.45) is -1.39. The third-order valence-electron chi connectivity index (χ3n) is 5.60. The zero-order valence-corrected chi connectivity index (χ0v) is 17.2. The highest BCUT2D eigenvalue weighted by Gasteiger charge is 2.46. The van der Waals surface area contributed by atoms with Gasteiger partial charge < -0.3 is 20.1 Å². The van der Waals surface area contributed by atoms with Crippen LogP contribution in [-0.2, 0) is 4.79 Å². The van der Waals surface area contributed by atoms with Crippen LogP contribution in [0.25, 0.3) is 0 Å². The molecule has 1 amide bonds. The molecular formula is C20H20BrF3N2O3. The molecule has 5 nitrogen and oxygen atoms in total. The summed E-state index contributed by atoms with van der Waals surface area (Å²) in [6.45, 7) is 2.58. The lowest BCUT2D eigenvalue weighted by atomic mass is 9.80. The molecule has 0 spiro atoms. The quantitative estimate of drug-likeness (QED) is 0.636. The van der Waals surface area contributed by atoms with Gasteiger partial charge in [-0.2, -0.15) is 13.2 Å². The van der Waals surface area contributed by atoms with Crippen molar-refractivity contribution in [3.8, 4) is 11.5 Å². The second kappa shape index (κ2) is 7.27. The van der Waals surface area contributed by atoms with Crippen molar-refractivity contribution >= 4 is 27.5 Å². The van der Waals surface area contributed by atoms with Crippen LogP contribution in [0.3, 0.4) is 0 Å². The highest BCUT2D eigenvalue weighted by Crippen LogP contribution is 2.46. The maximum absolute atomic E-state index is 13.0. The molecule has 3 aliphatic rings. The number of piperidine rings is 1. The van der Waals surface area contributed by atoms with Gasteiger partial charge in [0, 0.05) is 18.2 Å².